The average molecular weight is 184 g/mol. The van der Waals surface area contributed by atoms with E-state index in [2.05, 4.69) is 15.9 Å². The van der Waals surface area contributed by atoms with E-state index >= 15 is 0 Å². The summed E-state index contributed by atoms with van der Waals surface area (Å²) in [5.41, 5.74) is 2.19. The first-order chi connectivity index (χ1) is 6.81. The summed E-state index contributed by atoms with van der Waals surface area (Å²) >= 11 is 0. The van der Waals surface area contributed by atoms with Gasteiger partial charge in [-0.05, 0) is 17.7 Å². The van der Waals surface area contributed by atoms with Crippen molar-refractivity contribution >= 4 is 11.0 Å². The smallest absolute Gasteiger partial charge is 0.140 e. The lowest BCUT2D eigenvalue weighted by atomic mass is 10.1. The molecule has 1 aromatic heterocycles. The molecule has 2 aromatic rings. The summed E-state index contributed by atoms with van der Waals surface area (Å²) in [6.07, 6.45) is 7.47. The second-order valence-corrected chi connectivity index (χ2v) is 2.87. The van der Waals surface area contributed by atoms with E-state index in [0.29, 0.717) is 5.56 Å². The molecule has 2 rings (SSSR count). The molecule has 0 aliphatic rings. The molecule has 0 radical (unpaired) electrons. The molecule has 0 bridgehead atoms. The maximum absolute atomic E-state index is 9.40. The largest absolute Gasteiger partial charge is 0.376 e. The molecule has 68 valence electrons. The molecule has 0 unspecified atom stereocenters. The van der Waals surface area contributed by atoms with Crippen LogP contribution in [0.5, 0.6) is 0 Å². The van der Waals surface area contributed by atoms with Crippen molar-refractivity contribution in [2.45, 2.75) is 6.10 Å². The van der Waals surface area contributed by atoms with E-state index in [4.69, 9.17) is 6.42 Å². The van der Waals surface area contributed by atoms with Crippen LogP contribution in [-0.2, 0) is 0 Å². The molecule has 3 heteroatoms. The maximum atomic E-state index is 9.40. The van der Waals surface area contributed by atoms with Gasteiger partial charge < -0.3 is 5.11 Å². The number of rotatable bonds is 1. The Balaban J connectivity index is 2.58. The Morgan fingerprint density at radius 2 is 1.93 bits per heavy atom. The number of fused-ring (bicyclic) bond motifs is 1. The molecule has 1 atom stereocenters. The topological polar surface area (TPSA) is 46.0 Å². The van der Waals surface area contributed by atoms with Gasteiger partial charge in [-0.3, -0.25) is 9.97 Å². The van der Waals surface area contributed by atoms with Gasteiger partial charge in [-0.1, -0.05) is 12.0 Å². The fourth-order valence-electron chi connectivity index (χ4n) is 1.25. The molecule has 1 heterocycles. The first kappa shape index (κ1) is 8.67. The zero-order chi connectivity index (χ0) is 9.97. The Morgan fingerprint density at radius 3 is 2.64 bits per heavy atom. The van der Waals surface area contributed by atoms with Gasteiger partial charge >= 0.3 is 0 Å². The normalized spacial score (nSPS) is 12.3. The fourth-order valence-corrected chi connectivity index (χ4v) is 1.25. The predicted octanol–water partition coefficient (Wildman–Crippen LogP) is 1.30. The Labute approximate surface area is 81.4 Å². The average Bonchev–Trinajstić information content (AvgIpc) is 2.27. The van der Waals surface area contributed by atoms with Gasteiger partial charge in [-0.2, -0.15) is 0 Å². The standard InChI is InChI=1S/C11H8N2O/c1-2-11(14)8-3-4-9-10(7-8)13-6-5-12-9/h1,3-7,11,14H/t11-/m0/s1. The molecule has 0 saturated carbocycles. The van der Waals surface area contributed by atoms with Crippen molar-refractivity contribution in [3.8, 4) is 12.3 Å². The number of nitrogens with zero attached hydrogens (tertiary/aromatic N) is 2. The molecular weight excluding hydrogens is 176 g/mol. The Kier molecular flexibility index (Phi) is 2.13. The van der Waals surface area contributed by atoms with Crippen molar-refractivity contribution in [3.63, 3.8) is 0 Å². The fraction of sp³-hybridized carbons (Fsp3) is 0.0909. The molecule has 0 saturated heterocycles. The van der Waals surface area contributed by atoms with Crippen LogP contribution in [0.2, 0.25) is 0 Å². The van der Waals surface area contributed by atoms with Crippen molar-refractivity contribution < 1.29 is 5.11 Å². The van der Waals surface area contributed by atoms with Crippen LogP contribution in [0.3, 0.4) is 0 Å². The maximum Gasteiger partial charge on any atom is 0.140 e. The van der Waals surface area contributed by atoms with Crippen LogP contribution in [0.1, 0.15) is 11.7 Å². The van der Waals surface area contributed by atoms with Crippen molar-refractivity contribution in [1.82, 2.24) is 9.97 Å². The molecule has 1 aromatic carbocycles. The molecule has 1 N–H and O–H groups in total. The van der Waals surface area contributed by atoms with Crippen molar-refractivity contribution in [1.29, 1.82) is 0 Å². The zero-order valence-electron chi connectivity index (χ0n) is 7.38. The van der Waals surface area contributed by atoms with Gasteiger partial charge in [0.1, 0.15) is 6.10 Å². The first-order valence-electron chi connectivity index (χ1n) is 4.16. The van der Waals surface area contributed by atoms with Crippen LogP contribution in [0, 0.1) is 12.3 Å². The summed E-state index contributed by atoms with van der Waals surface area (Å²) in [6.45, 7) is 0. The molecule has 0 amide bonds. The van der Waals surface area contributed by atoms with Crippen LogP contribution in [-0.4, -0.2) is 15.1 Å². The van der Waals surface area contributed by atoms with Crippen LogP contribution < -0.4 is 0 Å². The van der Waals surface area contributed by atoms with E-state index in [1.165, 1.54) is 0 Å². The van der Waals surface area contributed by atoms with Crippen LogP contribution >= 0.6 is 0 Å². The Bertz CT molecular complexity index is 502. The minimum atomic E-state index is -0.874. The highest BCUT2D eigenvalue weighted by Gasteiger charge is 2.04. The third-order valence-corrected chi connectivity index (χ3v) is 1.97. The minimum Gasteiger partial charge on any atom is -0.376 e. The number of benzene rings is 1. The first-order valence-corrected chi connectivity index (χ1v) is 4.16. The van der Waals surface area contributed by atoms with E-state index in [1.807, 2.05) is 0 Å². The highest BCUT2D eigenvalue weighted by molar-refractivity contribution is 5.74. The zero-order valence-corrected chi connectivity index (χ0v) is 7.38. The molecule has 0 aliphatic carbocycles. The molecule has 0 spiro atoms. The molecule has 14 heavy (non-hydrogen) atoms. The second-order valence-electron chi connectivity index (χ2n) is 2.87. The number of hydrogen-bond donors (Lipinski definition) is 1. The summed E-state index contributed by atoms with van der Waals surface area (Å²) in [5, 5.41) is 9.40. The van der Waals surface area contributed by atoms with Gasteiger partial charge in [0.15, 0.2) is 0 Å². The second kappa shape index (κ2) is 3.44. The summed E-state index contributed by atoms with van der Waals surface area (Å²) in [4.78, 5) is 8.23. The predicted molar refractivity (Wildman–Crippen MR) is 53.3 cm³/mol. The van der Waals surface area contributed by atoms with Gasteiger partial charge in [0.05, 0.1) is 11.0 Å². The number of aliphatic hydroxyl groups is 1. The van der Waals surface area contributed by atoms with Crippen molar-refractivity contribution in [3.05, 3.63) is 36.2 Å². The van der Waals surface area contributed by atoms with Crippen LogP contribution in [0.25, 0.3) is 11.0 Å². The van der Waals surface area contributed by atoms with E-state index in [1.54, 1.807) is 30.6 Å². The van der Waals surface area contributed by atoms with E-state index < -0.39 is 6.10 Å². The van der Waals surface area contributed by atoms with Crippen molar-refractivity contribution in [2.24, 2.45) is 0 Å². The Morgan fingerprint density at radius 1 is 1.21 bits per heavy atom. The quantitative estimate of drug-likeness (QED) is 0.679. The van der Waals surface area contributed by atoms with E-state index in [-0.39, 0.29) is 0 Å². The number of aliphatic hydroxyl groups excluding tert-OH is 1. The lowest BCUT2D eigenvalue weighted by molar-refractivity contribution is 0.238. The van der Waals surface area contributed by atoms with Crippen molar-refractivity contribution in [2.75, 3.05) is 0 Å². The number of hydrogen-bond acceptors (Lipinski definition) is 3. The van der Waals surface area contributed by atoms with Gasteiger partial charge in [0.2, 0.25) is 0 Å². The molecular formula is C11H8N2O. The van der Waals surface area contributed by atoms with E-state index in [0.717, 1.165) is 11.0 Å². The third-order valence-electron chi connectivity index (χ3n) is 1.97. The van der Waals surface area contributed by atoms with Crippen LogP contribution in [0.15, 0.2) is 30.6 Å². The summed E-state index contributed by atoms with van der Waals surface area (Å²) < 4.78 is 0. The van der Waals surface area contributed by atoms with Gasteiger partial charge in [-0.15, -0.1) is 6.42 Å². The lowest BCUT2D eigenvalue weighted by Gasteiger charge is -2.03. The third kappa shape index (κ3) is 1.43. The van der Waals surface area contributed by atoms with Gasteiger partial charge in [0.25, 0.3) is 0 Å². The Hall–Kier alpha value is -1.92. The molecule has 0 aliphatic heterocycles. The van der Waals surface area contributed by atoms with Gasteiger partial charge in [0, 0.05) is 12.4 Å². The highest BCUT2D eigenvalue weighted by Crippen LogP contribution is 2.16. The van der Waals surface area contributed by atoms with Gasteiger partial charge in [-0.25, -0.2) is 0 Å². The molecule has 3 nitrogen and oxygen atoms in total. The lowest BCUT2D eigenvalue weighted by Crippen LogP contribution is -1.93. The van der Waals surface area contributed by atoms with E-state index in [9.17, 15) is 5.11 Å². The highest BCUT2D eigenvalue weighted by atomic mass is 16.3. The monoisotopic (exact) mass is 184 g/mol. The number of terminal acetylenes is 1. The number of aromatic nitrogens is 2. The van der Waals surface area contributed by atoms with Crippen LogP contribution in [0.4, 0.5) is 0 Å². The summed E-state index contributed by atoms with van der Waals surface area (Å²) in [6, 6.07) is 5.28. The molecule has 0 fully saturated rings. The SMILES string of the molecule is C#C[C@H](O)c1ccc2nccnc2c1. The summed E-state index contributed by atoms with van der Waals surface area (Å²) in [5.74, 6) is 2.25. The summed E-state index contributed by atoms with van der Waals surface area (Å²) in [7, 11) is 0. The minimum absolute atomic E-state index is 0.667.